The van der Waals surface area contributed by atoms with Gasteiger partial charge in [-0.2, -0.15) is 0 Å². The van der Waals surface area contributed by atoms with E-state index < -0.39 is 0 Å². The Hall–Kier alpha value is -2.93. The van der Waals surface area contributed by atoms with Crippen molar-refractivity contribution in [2.75, 3.05) is 0 Å². The third-order valence-electron chi connectivity index (χ3n) is 10.6. The molecule has 0 N–H and O–H groups in total. The molecule has 5 aliphatic carbocycles. The lowest BCUT2D eigenvalue weighted by molar-refractivity contribution is -0.133. The third-order valence-corrected chi connectivity index (χ3v) is 11.2. The molecule has 5 fully saturated rings. The van der Waals surface area contributed by atoms with E-state index in [0.717, 1.165) is 86.8 Å². The number of hydrogen-bond acceptors (Lipinski definition) is 6. The number of pyridine rings is 2. The van der Waals surface area contributed by atoms with Crippen molar-refractivity contribution in [3.63, 3.8) is 0 Å². The maximum Gasteiger partial charge on any atom is 0.221 e. The molecule has 3 aromatic heterocycles. The fourth-order valence-corrected chi connectivity index (χ4v) is 8.17. The van der Waals surface area contributed by atoms with Crippen LogP contribution in [0.4, 0.5) is 0 Å². The molecule has 8 heteroatoms. The molecule has 4 aromatic rings. The summed E-state index contributed by atoms with van der Waals surface area (Å²) in [5, 5.41) is 7.66. The molecule has 0 unspecified atom stereocenters. The molecule has 2 bridgehead atoms. The second-order valence-corrected chi connectivity index (χ2v) is 14.2. The van der Waals surface area contributed by atoms with Gasteiger partial charge in [0, 0.05) is 41.0 Å². The fraction of sp³-hybridized carbons (Fsp3) is 0.472. The van der Waals surface area contributed by atoms with Gasteiger partial charge in [0.1, 0.15) is 17.6 Å². The zero-order valence-corrected chi connectivity index (χ0v) is 26.4. The second kappa shape index (κ2) is 11.5. The van der Waals surface area contributed by atoms with Crippen molar-refractivity contribution in [1.82, 2.24) is 15.1 Å². The summed E-state index contributed by atoms with van der Waals surface area (Å²) in [6.45, 7) is 0.457. The number of rotatable bonds is 9. The first-order valence-corrected chi connectivity index (χ1v) is 16.9. The summed E-state index contributed by atoms with van der Waals surface area (Å²) in [6.07, 6.45) is 23.7. The van der Waals surface area contributed by atoms with Crippen molar-refractivity contribution in [1.29, 1.82) is 0 Å². The molecular formula is C36H37Cl2N3O3. The lowest BCUT2D eigenvalue weighted by Crippen LogP contribution is -2.46. The van der Waals surface area contributed by atoms with Crippen LogP contribution in [-0.2, 0) is 11.3 Å². The van der Waals surface area contributed by atoms with Crippen molar-refractivity contribution in [3.05, 3.63) is 75.9 Å². The maximum absolute atomic E-state index is 6.84. The van der Waals surface area contributed by atoms with Crippen LogP contribution in [0, 0.1) is 5.41 Å². The molecule has 5 aliphatic rings. The molecule has 0 aliphatic heterocycles. The normalized spacial score (nSPS) is 25.4. The van der Waals surface area contributed by atoms with Gasteiger partial charge in [0.25, 0.3) is 0 Å². The van der Waals surface area contributed by atoms with Crippen molar-refractivity contribution in [3.8, 4) is 17.1 Å². The number of benzene rings is 1. The molecule has 5 saturated carbocycles. The van der Waals surface area contributed by atoms with E-state index in [1.807, 2.05) is 6.20 Å². The number of nitrogens with zero attached hydrogens (tertiary/aromatic N) is 3. The molecule has 6 nitrogen and oxygen atoms in total. The van der Waals surface area contributed by atoms with Gasteiger partial charge in [-0.05, 0) is 106 Å². The summed E-state index contributed by atoms with van der Waals surface area (Å²) in [5.74, 6) is 2.10. The minimum Gasteiger partial charge on any atom is -0.474 e. The van der Waals surface area contributed by atoms with Crippen LogP contribution >= 0.6 is 23.2 Å². The van der Waals surface area contributed by atoms with Gasteiger partial charge in [0.2, 0.25) is 5.88 Å². The van der Waals surface area contributed by atoms with Crippen molar-refractivity contribution >= 4 is 40.1 Å². The molecule has 0 atom stereocenters. The van der Waals surface area contributed by atoms with Crippen LogP contribution in [0.5, 0.6) is 5.88 Å². The highest BCUT2D eigenvalue weighted by Crippen LogP contribution is 2.55. The monoisotopic (exact) mass is 629 g/mol. The van der Waals surface area contributed by atoms with Gasteiger partial charge in [-0.15, -0.1) is 0 Å². The van der Waals surface area contributed by atoms with Gasteiger partial charge in [-0.3, -0.25) is 4.98 Å². The van der Waals surface area contributed by atoms with Crippen LogP contribution in [0.25, 0.3) is 28.1 Å². The minimum absolute atomic E-state index is 0.113. The molecule has 0 amide bonds. The molecule has 228 valence electrons. The third kappa shape index (κ3) is 5.44. The van der Waals surface area contributed by atoms with Gasteiger partial charge in [-0.1, -0.05) is 52.6 Å². The Morgan fingerprint density at radius 3 is 2.41 bits per heavy atom. The summed E-state index contributed by atoms with van der Waals surface area (Å²) < 4.78 is 19.0. The number of fused-ring (bicyclic) bond motifs is 4. The van der Waals surface area contributed by atoms with E-state index in [1.165, 1.54) is 23.8 Å². The first kappa shape index (κ1) is 28.5. The smallest absolute Gasteiger partial charge is 0.221 e. The van der Waals surface area contributed by atoms with E-state index in [0.29, 0.717) is 39.9 Å². The highest BCUT2D eigenvalue weighted by Gasteiger charge is 2.48. The van der Waals surface area contributed by atoms with E-state index in [4.69, 9.17) is 37.2 Å². The second-order valence-electron chi connectivity index (χ2n) is 13.4. The van der Waals surface area contributed by atoms with Crippen LogP contribution in [0.2, 0.25) is 10.0 Å². The predicted octanol–water partition coefficient (Wildman–Crippen LogP) is 10.1. The fourth-order valence-electron chi connectivity index (χ4n) is 7.63. The molecule has 0 radical (unpaired) electrons. The number of hydrogen-bond donors (Lipinski definition) is 0. The first-order chi connectivity index (χ1) is 21.5. The Morgan fingerprint density at radius 1 is 0.932 bits per heavy atom. The average Bonchev–Trinajstić information content (AvgIpc) is 3.60. The molecular weight excluding hydrogens is 593 g/mol. The van der Waals surface area contributed by atoms with Gasteiger partial charge in [-0.25, -0.2) is 4.98 Å². The van der Waals surface area contributed by atoms with Gasteiger partial charge < -0.3 is 14.0 Å². The molecule has 1 aromatic carbocycles. The Kier molecular flexibility index (Phi) is 7.43. The van der Waals surface area contributed by atoms with E-state index in [-0.39, 0.29) is 11.0 Å². The standard InChI is InChI=1S/C36H37Cl2N3O3/c37-29-20-39-21-30(38)31(29)32-28(33(44-41-32)25-7-8-25)22-42-36-15-12-35(13-16-36,14-17-36)11-9-23-5-6-24-10-18-40-34(27(24)19-23)43-26-3-1-2-4-26/h5-6,9-11,18-21,25-26H,1-4,7-8,12-17,22H2/b11-9+. The Morgan fingerprint density at radius 2 is 1.68 bits per heavy atom. The Bertz CT molecular complexity index is 1680. The van der Waals surface area contributed by atoms with Crippen LogP contribution in [0.1, 0.15) is 99.9 Å². The highest BCUT2D eigenvalue weighted by atomic mass is 35.5. The summed E-state index contributed by atoms with van der Waals surface area (Å²) in [4.78, 5) is 8.72. The van der Waals surface area contributed by atoms with Gasteiger partial charge >= 0.3 is 0 Å². The summed E-state index contributed by atoms with van der Waals surface area (Å²) in [5.41, 5.74) is 3.66. The number of allylic oxidation sites excluding steroid dienone is 1. The number of halogens is 2. The summed E-state index contributed by atoms with van der Waals surface area (Å²) >= 11 is 13.0. The molecule has 0 spiro atoms. The zero-order valence-electron chi connectivity index (χ0n) is 24.9. The maximum atomic E-state index is 6.84. The highest BCUT2D eigenvalue weighted by molar-refractivity contribution is 6.38. The lowest BCUT2D eigenvalue weighted by atomic mass is 9.58. The Labute approximate surface area is 268 Å². The van der Waals surface area contributed by atoms with E-state index in [9.17, 15) is 0 Å². The lowest BCUT2D eigenvalue weighted by Gasteiger charge is -2.52. The quantitative estimate of drug-likeness (QED) is 0.183. The predicted molar refractivity (Wildman–Crippen MR) is 173 cm³/mol. The molecule has 44 heavy (non-hydrogen) atoms. The largest absolute Gasteiger partial charge is 0.474 e. The van der Waals surface area contributed by atoms with Crippen molar-refractivity contribution < 1.29 is 14.0 Å². The van der Waals surface area contributed by atoms with E-state index in [2.05, 4.69) is 51.5 Å². The van der Waals surface area contributed by atoms with Crippen LogP contribution < -0.4 is 4.74 Å². The van der Waals surface area contributed by atoms with Crippen LogP contribution in [-0.4, -0.2) is 26.8 Å². The Balaban J connectivity index is 0.968. The number of aromatic nitrogens is 3. The summed E-state index contributed by atoms with van der Waals surface area (Å²) in [6, 6.07) is 8.72. The van der Waals surface area contributed by atoms with Crippen molar-refractivity contribution in [2.45, 2.75) is 101 Å². The topological polar surface area (TPSA) is 70.3 Å². The molecule has 9 rings (SSSR count). The number of ether oxygens (including phenoxy) is 2. The van der Waals surface area contributed by atoms with Crippen molar-refractivity contribution in [2.24, 2.45) is 5.41 Å². The van der Waals surface area contributed by atoms with Gasteiger partial charge in [0.15, 0.2) is 0 Å². The van der Waals surface area contributed by atoms with Crippen LogP contribution in [0.15, 0.2) is 53.5 Å². The summed E-state index contributed by atoms with van der Waals surface area (Å²) in [7, 11) is 0. The van der Waals surface area contributed by atoms with Gasteiger partial charge in [0.05, 0.1) is 22.3 Å². The SMILES string of the molecule is Clc1cncc(Cl)c1-c1noc(C2CC2)c1COC12CCC(/C=C/c3ccc4ccnc(OC5CCCC5)c4c3)(CC1)CC2. The first-order valence-electron chi connectivity index (χ1n) is 16.2. The van der Waals surface area contributed by atoms with E-state index >= 15 is 0 Å². The molecule has 3 heterocycles. The van der Waals surface area contributed by atoms with E-state index in [1.54, 1.807) is 12.4 Å². The van der Waals surface area contributed by atoms with Crippen LogP contribution in [0.3, 0.4) is 0 Å². The molecule has 0 saturated heterocycles. The minimum atomic E-state index is -0.113. The zero-order chi connectivity index (χ0) is 29.7. The average molecular weight is 631 g/mol.